The monoisotopic (exact) mass is 469 g/mol. The van der Waals surface area contributed by atoms with E-state index in [2.05, 4.69) is 0 Å². The standard InChI is InChI=1S/C30H31NO4/c1-17-10-12-20(4)29(33)26(17)31(27-18(2)11-13-21(5)30(27)34)23-8-7-9-24(16-23)35-25-15-14-19(3)28(32)22(25)6/h7-16,32-34H,1-6H3. The summed E-state index contributed by atoms with van der Waals surface area (Å²) >= 11 is 0. The number of benzene rings is 4. The molecule has 0 aliphatic rings. The highest BCUT2D eigenvalue weighted by molar-refractivity contribution is 5.87. The summed E-state index contributed by atoms with van der Waals surface area (Å²) in [5.41, 5.74) is 6.53. The molecule has 5 heteroatoms. The quantitative estimate of drug-likeness (QED) is 0.277. The predicted molar refractivity (Wildman–Crippen MR) is 141 cm³/mol. The number of phenolic OH excluding ortho intramolecular Hbond substituents is 3. The third kappa shape index (κ3) is 4.37. The van der Waals surface area contributed by atoms with Gasteiger partial charge in [0.1, 0.15) is 28.7 Å². The maximum atomic E-state index is 11.1. The lowest BCUT2D eigenvalue weighted by Gasteiger charge is -2.30. The van der Waals surface area contributed by atoms with Crippen LogP contribution >= 0.6 is 0 Å². The van der Waals surface area contributed by atoms with E-state index in [1.807, 2.05) is 107 Å². The maximum Gasteiger partial charge on any atom is 0.142 e. The molecule has 0 aromatic heterocycles. The normalized spacial score (nSPS) is 10.9. The molecule has 0 fully saturated rings. The van der Waals surface area contributed by atoms with Crippen LogP contribution in [-0.2, 0) is 0 Å². The SMILES string of the molecule is Cc1ccc(Oc2cccc(N(c3c(C)ccc(C)c3O)c3c(C)ccc(C)c3O)c2)c(C)c1O. The van der Waals surface area contributed by atoms with Gasteiger partial charge in [-0.2, -0.15) is 0 Å². The number of rotatable bonds is 5. The number of phenols is 3. The third-order valence-electron chi connectivity index (χ3n) is 6.44. The zero-order valence-electron chi connectivity index (χ0n) is 21.0. The fourth-order valence-electron chi connectivity index (χ4n) is 4.24. The van der Waals surface area contributed by atoms with Gasteiger partial charge in [0.15, 0.2) is 0 Å². The Morgan fingerprint density at radius 1 is 0.571 bits per heavy atom. The fourth-order valence-corrected chi connectivity index (χ4v) is 4.24. The lowest BCUT2D eigenvalue weighted by molar-refractivity contribution is 0.445. The van der Waals surface area contributed by atoms with Crippen LogP contribution in [0.5, 0.6) is 28.7 Å². The predicted octanol–water partition coefficient (Wildman–Crippen LogP) is 7.92. The molecule has 180 valence electrons. The molecule has 5 nitrogen and oxygen atoms in total. The first kappa shape index (κ1) is 24.0. The summed E-state index contributed by atoms with van der Waals surface area (Å²) in [5, 5.41) is 32.6. The van der Waals surface area contributed by atoms with Crippen molar-refractivity contribution in [3.63, 3.8) is 0 Å². The fraction of sp³-hybridized carbons (Fsp3) is 0.200. The van der Waals surface area contributed by atoms with Gasteiger partial charge in [0, 0.05) is 11.6 Å². The van der Waals surface area contributed by atoms with Gasteiger partial charge < -0.3 is 25.0 Å². The molecule has 0 spiro atoms. The largest absolute Gasteiger partial charge is 0.507 e. The van der Waals surface area contributed by atoms with Crippen LogP contribution in [0.3, 0.4) is 0 Å². The van der Waals surface area contributed by atoms with E-state index in [4.69, 9.17) is 4.74 Å². The summed E-state index contributed by atoms with van der Waals surface area (Å²) < 4.78 is 6.16. The number of ether oxygens (including phenoxy) is 1. The van der Waals surface area contributed by atoms with Crippen molar-refractivity contribution in [1.82, 2.24) is 0 Å². The van der Waals surface area contributed by atoms with E-state index in [0.29, 0.717) is 34.1 Å². The van der Waals surface area contributed by atoms with Crippen molar-refractivity contribution in [3.8, 4) is 28.7 Å². The second-order valence-electron chi connectivity index (χ2n) is 9.08. The van der Waals surface area contributed by atoms with Crippen molar-refractivity contribution in [2.45, 2.75) is 41.5 Å². The Labute approximate surface area is 206 Å². The Bertz CT molecular complexity index is 1370. The van der Waals surface area contributed by atoms with Crippen molar-refractivity contribution in [2.75, 3.05) is 4.90 Å². The molecule has 35 heavy (non-hydrogen) atoms. The zero-order valence-corrected chi connectivity index (χ0v) is 21.0. The summed E-state index contributed by atoms with van der Waals surface area (Å²) in [6, 6.07) is 18.8. The first-order valence-electron chi connectivity index (χ1n) is 11.6. The zero-order chi connectivity index (χ0) is 25.4. The number of anilines is 3. The van der Waals surface area contributed by atoms with Gasteiger partial charge in [-0.3, -0.25) is 0 Å². The lowest BCUT2D eigenvalue weighted by Crippen LogP contribution is -2.14. The molecule has 0 amide bonds. The first-order valence-corrected chi connectivity index (χ1v) is 11.6. The molecule has 0 unspecified atom stereocenters. The minimum Gasteiger partial charge on any atom is -0.507 e. The summed E-state index contributed by atoms with van der Waals surface area (Å²) in [6.07, 6.45) is 0. The topological polar surface area (TPSA) is 73.2 Å². The molecule has 0 aliphatic carbocycles. The summed E-state index contributed by atoms with van der Waals surface area (Å²) in [5.74, 6) is 1.63. The van der Waals surface area contributed by atoms with E-state index in [9.17, 15) is 15.3 Å². The minimum atomic E-state index is 0.149. The van der Waals surface area contributed by atoms with Gasteiger partial charge in [-0.05, 0) is 87.6 Å². The maximum absolute atomic E-state index is 11.1. The van der Waals surface area contributed by atoms with Crippen molar-refractivity contribution in [1.29, 1.82) is 0 Å². The van der Waals surface area contributed by atoms with Crippen LogP contribution < -0.4 is 9.64 Å². The van der Waals surface area contributed by atoms with E-state index in [1.165, 1.54) is 0 Å². The molecule has 0 heterocycles. The van der Waals surface area contributed by atoms with Crippen LogP contribution in [0.15, 0.2) is 60.7 Å². The van der Waals surface area contributed by atoms with Crippen LogP contribution in [0.25, 0.3) is 0 Å². The molecule has 0 atom stereocenters. The summed E-state index contributed by atoms with van der Waals surface area (Å²) in [6.45, 7) is 11.2. The van der Waals surface area contributed by atoms with Crippen LogP contribution in [0.2, 0.25) is 0 Å². The van der Waals surface area contributed by atoms with Crippen LogP contribution in [-0.4, -0.2) is 15.3 Å². The molecule has 4 aromatic rings. The Morgan fingerprint density at radius 3 is 1.63 bits per heavy atom. The van der Waals surface area contributed by atoms with Crippen molar-refractivity contribution >= 4 is 17.1 Å². The van der Waals surface area contributed by atoms with Gasteiger partial charge in [-0.1, -0.05) is 36.4 Å². The molecule has 0 saturated carbocycles. The number of hydrogen-bond acceptors (Lipinski definition) is 5. The Morgan fingerprint density at radius 2 is 1.06 bits per heavy atom. The molecule has 4 rings (SSSR count). The van der Waals surface area contributed by atoms with Crippen LogP contribution in [0, 0.1) is 41.5 Å². The highest BCUT2D eigenvalue weighted by Gasteiger charge is 2.25. The smallest absolute Gasteiger partial charge is 0.142 e. The second-order valence-corrected chi connectivity index (χ2v) is 9.08. The van der Waals surface area contributed by atoms with Gasteiger partial charge in [-0.15, -0.1) is 0 Å². The second kappa shape index (κ2) is 9.26. The highest BCUT2D eigenvalue weighted by atomic mass is 16.5. The molecule has 4 aromatic carbocycles. The molecular formula is C30H31NO4. The molecular weight excluding hydrogens is 438 g/mol. The minimum absolute atomic E-state index is 0.149. The van der Waals surface area contributed by atoms with E-state index in [0.717, 1.165) is 27.8 Å². The number of aryl methyl sites for hydroxylation is 5. The highest BCUT2D eigenvalue weighted by Crippen LogP contribution is 2.49. The number of hydrogen-bond donors (Lipinski definition) is 3. The average molecular weight is 470 g/mol. The number of aromatic hydroxyl groups is 3. The summed E-state index contributed by atoms with van der Waals surface area (Å²) in [4.78, 5) is 1.88. The van der Waals surface area contributed by atoms with Gasteiger partial charge in [-0.25, -0.2) is 0 Å². The van der Waals surface area contributed by atoms with Crippen LogP contribution in [0.4, 0.5) is 17.1 Å². The van der Waals surface area contributed by atoms with Crippen molar-refractivity contribution < 1.29 is 20.1 Å². The Hall–Kier alpha value is -4.12. The van der Waals surface area contributed by atoms with Crippen molar-refractivity contribution in [3.05, 3.63) is 94.0 Å². The van der Waals surface area contributed by atoms with Gasteiger partial charge >= 0.3 is 0 Å². The van der Waals surface area contributed by atoms with E-state index in [-0.39, 0.29) is 17.2 Å². The van der Waals surface area contributed by atoms with E-state index < -0.39 is 0 Å². The van der Waals surface area contributed by atoms with Crippen LogP contribution in [0.1, 0.15) is 33.4 Å². The first-order chi connectivity index (χ1) is 16.6. The Kier molecular flexibility index (Phi) is 6.35. The molecule has 0 bridgehead atoms. The molecule has 0 radical (unpaired) electrons. The van der Waals surface area contributed by atoms with Gasteiger partial charge in [0.05, 0.1) is 17.1 Å². The molecule has 3 N–H and O–H groups in total. The third-order valence-corrected chi connectivity index (χ3v) is 6.44. The number of nitrogens with zero attached hydrogens (tertiary/aromatic N) is 1. The van der Waals surface area contributed by atoms with Gasteiger partial charge in [0.25, 0.3) is 0 Å². The molecule has 0 saturated heterocycles. The Balaban J connectivity index is 1.92. The van der Waals surface area contributed by atoms with E-state index in [1.54, 1.807) is 0 Å². The van der Waals surface area contributed by atoms with Crippen molar-refractivity contribution in [2.24, 2.45) is 0 Å². The average Bonchev–Trinajstić information content (AvgIpc) is 2.83. The van der Waals surface area contributed by atoms with E-state index >= 15 is 0 Å². The lowest BCUT2D eigenvalue weighted by atomic mass is 10.0. The van der Waals surface area contributed by atoms with Gasteiger partial charge in [0.2, 0.25) is 0 Å². The summed E-state index contributed by atoms with van der Waals surface area (Å²) in [7, 11) is 0. The molecule has 0 aliphatic heterocycles.